The number of hydrogen-bond acceptors (Lipinski definition) is 4. The number of rotatable bonds is 5. The number of aryl methyl sites for hydroxylation is 2. The summed E-state index contributed by atoms with van der Waals surface area (Å²) in [6.45, 7) is 9.68. The fourth-order valence-electron chi connectivity index (χ4n) is 2.29. The topological polar surface area (TPSA) is 68.2 Å². The van der Waals surface area contributed by atoms with E-state index in [9.17, 15) is 4.79 Å². The summed E-state index contributed by atoms with van der Waals surface area (Å²) < 4.78 is 7.41. The van der Waals surface area contributed by atoms with Crippen LogP contribution in [0.5, 0.6) is 0 Å². The molecule has 0 aliphatic carbocycles. The fourth-order valence-corrected chi connectivity index (χ4v) is 2.29. The van der Waals surface area contributed by atoms with Crippen LogP contribution in [0.25, 0.3) is 0 Å². The summed E-state index contributed by atoms with van der Waals surface area (Å²) in [5.74, 6) is -0.0262. The van der Waals surface area contributed by atoms with Gasteiger partial charge in [-0.3, -0.25) is 9.48 Å². The molecule has 1 atom stereocenters. The largest absolute Gasteiger partial charge is 0.366 e. The number of carbonyl (C=O) groups excluding carboxylic acids is 1. The van der Waals surface area contributed by atoms with Gasteiger partial charge in [-0.15, -0.1) is 0 Å². The van der Waals surface area contributed by atoms with E-state index in [4.69, 9.17) is 4.74 Å². The van der Waals surface area contributed by atoms with Gasteiger partial charge in [0.2, 0.25) is 5.91 Å². The third-order valence-corrected chi connectivity index (χ3v) is 3.81. The molecule has 1 aromatic rings. The molecule has 0 saturated carbocycles. The minimum Gasteiger partial charge on any atom is -0.366 e. The van der Waals surface area contributed by atoms with Crippen molar-refractivity contribution in [2.75, 3.05) is 26.2 Å². The molecule has 1 aliphatic heterocycles. The first-order valence-electron chi connectivity index (χ1n) is 7.20. The first-order valence-corrected chi connectivity index (χ1v) is 7.20. The molecule has 1 aromatic heterocycles. The summed E-state index contributed by atoms with van der Waals surface area (Å²) in [6.07, 6.45) is 0.521. The molecular formula is C14H24N4O2. The Kier molecular flexibility index (Phi) is 5.14. The van der Waals surface area contributed by atoms with E-state index in [-0.39, 0.29) is 12.0 Å². The average Bonchev–Trinajstić information content (AvgIpc) is 2.71. The molecule has 2 heterocycles. The predicted octanol–water partition coefficient (Wildman–Crippen LogP) is 0.303. The molecule has 2 N–H and O–H groups in total. The second-order valence-corrected chi connectivity index (χ2v) is 5.23. The summed E-state index contributed by atoms with van der Waals surface area (Å²) in [6, 6.07) is 0. The van der Waals surface area contributed by atoms with Crippen LogP contribution in [0.1, 0.15) is 23.4 Å². The van der Waals surface area contributed by atoms with E-state index in [1.807, 2.05) is 11.6 Å². The Bertz CT molecular complexity index is 464. The summed E-state index contributed by atoms with van der Waals surface area (Å²) in [7, 11) is 0. The lowest BCUT2D eigenvalue weighted by molar-refractivity contribution is -0.134. The molecule has 6 nitrogen and oxygen atoms in total. The van der Waals surface area contributed by atoms with Crippen LogP contribution in [0.4, 0.5) is 0 Å². The second kappa shape index (κ2) is 6.85. The monoisotopic (exact) mass is 280 g/mol. The molecule has 2 rings (SSSR count). The van der Waals surface area contributed by atoms with E-state index in [2.05, 4.69) is 29.6 Å². The zero-order valence-electron chi connectivity index (χ0n) is 12.5. The van der Waals surface area contributed by atoms with Gasteiger partial charge in [-0.05, 0) is 32.8 Å². The van der Waals surface area contributed by atoms with Gasteiger partial charge in [0.25, 0.3) is 0 Å². The minimum atomic E-state index is -0.348. The number of ether oxygens (including phenoxy) is 1. The molecule has 0 radical (unpaired) electrons. The lowest BCUT2D eigenvalue weighted by Gasteiger charge is -2.22. The van der Waals surface area contributed by atoms with Gasteiger partial charge >= 0.3 is 0 Å². The number of hydrogen-bond donors (Lipinski definition) is 2. The van der Waals surface area contributed by atoms with Gasteiger partial charge in [0, 0.05) is 31.9 Å². The Morgan fingerprint density at radius 2 is 2.30 bits per heavy atom. The summed E-state index contributed by atoms with van der Waals surface area (Å²) >= 11 is 0. The van der Waals surface area contributed by atoms with Gasteiger partial charge in [0.05, 0.1) is 12.3 Å². The summed E-state index contributed by atoms with van der Waals surface area (Å²) in [5.41, 5.74) is 3.53. The standard InChI is InChI=1S/C14H24N4O2/c1-10-11(2)17-18(12(10)3)7-4-5-16-14(19)13-9-15-6-8-20-13/h13,15H,4-9H2,1-3H3,(H,16,19)/t13-/m0/s1. The van der Waals surface area contributed by atoms with Gasteiger partial charge in [-0.1, -0.05) is 0 Å². The highest BCUT2D eigenvalue weighted by molar-refractivity contribution is 5.81. The van der Waals surface area contributed by atoms with Crippen LogP contribution in [-0.4, -0.2) is 48.0 Å². The third kappa shape index (κ3) is 3.58. The first kappa shape index (κ1) is 15.0. The van der Waals surface area contributed by atoms with E-state index in [0.29, 0.717) is 19.7 Å². The maximum absolute atomic E-state index is 11.8. The number of nitrogens with zero attached hydrogens (tertiary/aromatic N) is 2. The van der Waals surface area contributed by atoms with Crippen molar-refractivity contribution in [3.8, 4) is 0 Å². The Morgan fingerprint density at radius 3 is 2.90 bits per heavy atom. The Labute approximate surface area is 119 Å². The second-order valence-electron chi connectivity index (χ2n) is 5.23. The van der Waals surface area contributed by atoms with Crippen molar-refractivity contribution in [1.29, 1.82) is 0 Å². The number of amides is 1. The van der Waals surface area contributed by atoms with Crippen LogP contribution in [-0.2, 0) is 16.1 Å². The zero-order valence-corrected chi connectivity index (χ0v) is 12.5. The quantitative estimate of drug-likeness (QED) is 0.761. The third-order valence-electron chi connectivity index (χ3n) is 3.81. The van der Waals surface area contributed by atoms with Crippen molar-refractivity contribution < 1.29 is 9.53 Å². The minimum absolute atomic E-state index is 0.0262. The van der Waals surface area contributed by atoms with E-state index < -0.39 is 0 Å². The van der Waals surface area contributed by atoms with Gasteiger partial charge in [-0.2, -0.15) is 5.10 Å². The van der Waals surface area contributed by atoms with E-state index in [1.165, 1.54) is 11.3 Å². The number of nitrogens with one attached hydrogen (secondary N) is 2. The molecule has 1 fully saturated rings. The summed E-state index contributed by atoms with van der Waals surface area (Å²) in [5, 5.41) is 10.6. The predicted molar refractivity (Wildman–Crippen MR) is 76.7 cm³/mol. The SMILES string of the molecule is Cc1nn(CCCNC(=O)[C@@H]2CNCCO2)c(C)c1C. The lowest BCUT2D eigenvalue weighted by atomic mass is 10.2. The highest BCUT2D eigenvalue weighted by Gasteiger charge is 2.20. The van der Waals surface area contributed by atoms with Crippen LogP contribution in [0.3, 0.4) is 0 Å². The van der Waals surface area contributed by atoms with Gasteiger partial charge in [0.1, 0.15) is 6.10 Å². The van der Waals surface area contributed by atoms with Crippen LogP contribution in [0.15, 0.2) is 0 Å². The molecule has 112 valence electrons. The van der Waals surface area contributed by atoms with Gasteiger partial charge in [-0.25, -0.2) is 0 Å². The first-order chi connectivity index (χ1) is 9.59. The molecule has 6 heteroatoms. The molecule has 0 spiro atoms. The fraction of sp³-hybridized carbons (Fsp3) is 0.714. The van der Waals surface area contributed by atoms with Crippen molar-refractivity contribution in [2.45, 2.75) is 39.8 Å². The molecule has 1 amide bonds. The van der Waals surface area contributed by atoms with Crippen molar-refractivity contribution in [3.05, 3.63) is 17.0 Å². The molecule has 0 aromatic carbocycles. The van der Waals surface area contributed by atoms with Crippen LogP contribution < -0.4 is 10.6 Å². The highest BCUT2D eigenvalue weighted by atomic mass is 16.5. The maximum Gasteiger partial charge on any atom is 0.250 e. The molecule has 20 heavy (non-hydrogen) atoms. The summed E-state index contributed by atoms with van der Waals surface area (Å²) in [4.78, 5) is 11.8. The van der Waals surface area contributed by atoms with Crippen LogP contribution >= 0.6 is 0 Å². The van der Waals surface area contributed by atoms with E-state index >= 15 is 0 Å². The Balaban J connectivity index is 1.70. The van der Waals surface area contributed by atoms with Crippen molar-refractivity contribution in [3.63, 3.8) is 0 Å². The van der Waals surface area contributed by atoms with Crippen molar-refractivity contribution in [1.82, 2.24) is 20.4 Å². The van der Waals surface area contributed by atoms with Crippen LogP contribution in [0.2, 0.25) is 0 Å². The van der Waals surface area contributed by atoms with E-state index in [1.54, 1.807) is 0 Å². The normalized spacial score (nSPS) is 19.1. The molecule has 1 saturated heterocycles. The van der Waals surface area contributed by atoms with Gasteiger partial charge in [0.15, 0.2) is 0 Å². The average molecular weight is 280 g/mol. The number of morpholine rings is 1. The lowest BCUT2D eigenvalue weighted by Crippen LogP contribution is -2.48. The molecule has 0 bridgehead atoms. The molecular weight excluding hydrogens is 256 g/mol. The van der Waals surface area contributed by atoms with Gasteiger partial charge < -0.3 is 15.4 Å². The van der Waals surface area contributed by atoms with E-state index in [0.717, 1.165) is 25.2 Å². The highest BCUT2D eigenvalue weighted by Crippen LogP contribution is 2.10. The Hall–Kier alpha value is -1.40. The van der Waals surface area contributed by atoms with Crippen molar-refractivity contribution >= 4 is 5.91 Å². The number of carbonyl (C=O) groups is 1. The molecule has 0 unspecified atom stereocenters. The Morgan fingerprint density at radius 1 is 1.50 bits per heavy atom. The molecule has 1 aliphatic rings. The number of aromatic nitrogens is 2. The van der Waals surface area contributed by atoms with Crippen molar-refractivity contribution in [2.24, 2.45) is 0 Å². The zero-order chi connectivity index (χ0) is 14.5. The smallest absolute Gasteiger partial charge is 0.250 e. The maximum atomic E-state index is 11.8. The van der Waals surface area contributed by atoms with Crippen LogP contribution in [0, 0.1) is 20.8 Å².